The number of pyridine rings is 1. The van der Waals surface area contributed by atoms with Gasteiger partial charge < -0.3 is 10.6 Å². The van der Waals surface area contributed by atoms with Crippen molar-refractivity contribution in [1.29, 1.82) is 0 Å². The molecule has 2 heterocycles. The van der Waals surface area contributed by atoms with E-state index >= 15 is 0 Å². The van der Waals surface area contributed by atoms with Crippen LogP contribution in [0.3, 0.4) is 0 Å². The second-order valence-corrected chi connectivity index (χ2v) is 6.05. The van der Waals surface area contributed by atoms with Crippen LogP contribution in [0.2, 0.25) is 5.02 Å². The highest BCUT2D eigenvalue weighted by Crippen LogP contribution is 2.25. The third-order valence-corrected chi connectivity index (χ3v) is 4.51. The van der Waals surface area contributed by atoms with E-state index in [1.54, 1.807) is 6.20 Å². The molecule has 1 aliphatic heterocycles. The summed E-state index contributed by atoms with van der Waals surface area (Å²) in [5.74, 6) is 0.858. The Labute approximate surface area is 124 Å². The number of nitrogens with zero attached hydrogens (tertiary/aromatic N) is 3. The zero-order valence-corrected chi connectivity index (χ0v) is 12.8. The normalized spacial score (nSPS) is 17.5. The Morgan fingerprint density at radius 1 is 1.37 bits per heavy atom. The van der Waals surface area contributed by atoms with Gasteiger partial charge in [0.05, 0.1) is 15.6 Å². The van der Waals surface area contributed by atoms with Gasteiger partial charge in [-0.1, -0.05) is 23.8 Å². The molecule has 0 spiro atoms. The van der Waals surface area contributed by atoms with Crippen LogP contribution < -0.4 is 10.6 Å². The maximum atomic E-state index is 6.18. The zero-order valence-electron chi connectivity index (χ0n) is 11.3. The van der Waals surface area contributed by atoms with Crippen molar-refractivity contribution in [2.45, 2.75) is 19.4 Å². The van der Waals surface area contributed by atoms with Crippen LogP contribution in [-0.4, -0.2) is 46.6 Å². The summed E-state index contributed by atoms with van der Waals surface area (Å²) in [4.78, 5) is 9.40. The minimum Gasteiger partial charge on any atom is -0.392 e. The lowest BCUT2D eigenvalue weighted by Crippen LogP contribution is -2.59. The van der Waals surface area contributed by atoms with Crippen LogP contribution in [0, 0.1) is 0 Å². The van der Waals surface area contributed by atoms with Crippen LogP contribution in [-0.2, 0) is 0 Å². The van der Waals surface area contributed by atoms with Gasteiger partial charge in [0.25, 0.3) is 0 Å². The van der Waals surface area contributed by atoms with Gasteiger partial charge in [0.1, 0.15) is 5.82 Å². The summed E-state index contributed by atoms with van der Waals surface area (Å²) in [5, 5.41) is 0.699. The summed E-state index contributed by atoms with van der Waals surface area (Å²) < 4.78 is 0. The predicted octanol–water partition coefficient (Wildman–Crippen LogP) is 1.92. The average Bonchev–Trinajstić information content (AvgIpc) is 2.39. The quantitative estimate of drug-likeness (QED) is 0.864. The first-order valence-corrected chi connectivity index (χ1v) is 7.12. The molecule has 2 N–H and O–H groups in total. The summed E-state index contributed by atoms with van der Waals surface area (Å²) in [6.45, 7) is 7.69. The fourth-order valence-electron chi connectivity index (χ4n) is 2.24. The highest BCUT2D eigenvalue weighted by molar-refractivity contribution is 7.80. The molecule has 104 valence electrons. The lowest BCUT2D eigenvalue weighted by Gasteiger charge is -2.43. The Hall–Kier alpha value is -0.910. The van der Waals surface area contributed by atoms with E-state index in [0.29, 0.717) is 10.0 Å². The average molecular weight is 299 g/mol. The Kier molecular flexibility index (Phi) is 4.28. The first kappa shape index (κ1) is 14.5. The van der Waals surface area contributed by atoms with E-state index in [1.165, 1.54) is 0 Å². The molecule has 1 aromatic heterocycles. The summed E-state index contributed by atoms with van der Waals surface area (Å²) in [6.07, 6.45) is 1.77. The van der Waals surface area contributed by atoms with Crippen LogP contribution in [0.25, 0.3) is 0 Å². The van der Waals surface area contributed by atoms with E-state index in [9.17, 15) is 0 Å². The molecule has 0 bridgehead atoms. The van der Waals surface area contributed by atoms with E-state index in [4.69, 9.17) is 29.6 Å². The summed E-state index contributed by atoms with van der Waals surface area (Å²) >= 11 is 11.3. The van der Waals surface area contributed by atoms with Crippen molar-refractivity contribution in [3.8, 4) is 0 Å². The maximum Gasteiger partial charge on any atom is 0.147 e. The zero-order chi connectivity index (χ0) is 14.0. The predicted molar refractivity (Wildman–Crippen MR) is 83.9 cm³/mol. The van der Waals surface area contributed by atoms with Gasteiger partial charge in [-0.2, -0.15) is 0 Å². The van der Waals surface area contributed by atoms with Gasteiger partial charge in [-0.15, -0.1) is 0 Å². The fraction of sp³-hybridized carbons (Fsp3) is 0.538. The minimum atomic E-state index is -0.241. The maximum absolute atomic E-state index is 6.18. The first-order valence-electron chi connectivity index (χ1n) is 6.33. The third-order valence-electron chi connectivity index (χ3n) is 3.71. The Bertz CT molecular complexity index is 469. The van der Waals surface area contributed by atoms with Crippen molar-refractivity contribution in [3.63, 3.8) is 0 Å². The van der Waals surface area contributed by atoms with Crippen molar-refractivity contribution in [3.05, 3.63) is 23.4 Å². The molecule has 2 rings (SSSR count). The largest absolute Gasteiger partial charge is 0.392 e. The Morgan fingerprint density at radius 3 is 2.53 bits per heavy atom. The van der Waals surface area contributed by atoms with Crippen LogP contribution in [0.5, 0.6) is 0 Å². The first-order chi connectivity index (χ1) is 8.93. The number of aromatic nitrogens is 1. The number of halogens is 1. The molecule has 0 radical (unpaired) electrons. The van der Waals surface area contributed by atoms with Crippen molar-refractivity contribution >= 4 is 34.6 Å². The Morgan fingerprint density at radius 2 is 2.00 bits per heavy atom. The molecular weight excluding hydrogens is 280 g/mol. The van der Waals surface area contributed by atoms with Crippen molar-refractivity contribution in [1.82, 2.24) is 9.88 Å². The van der Waals surface area contributed by atoms with E-state index < -0.39 is 0 Å². The van der Waals surface area contributed by atoms with E-state index in [0.717, 1.165) is 32.0 Å². The van der Waals surface area contributed by atoms with Crippen LogP contribution in [0.1, 0.15) is 13.8 Å². The van der Waals surface area contributed by atoms with Crippen LogP contribution in [0.15, 0.2) is 18.3 Å². The SMILES string of the molecule is CC(C)(C(N)=S)N1CCN(c2ncccc2Cl)CC1. The van der Waals surface area contributed by atoms with Gasteiger partial charge in [-0.3, -0.25) is 4.90 Å². The fourth-order valence-corrected chi connectivity index (χ4v) is 2.61. The van der Waals surface area contributed by atoms with Crippen molar-refractivity contribution < 1.29 is 0 Å². The standard InChI is InChI=1S/C13H19ClN4S/c1-13(2,12(15)19)18-8-6-17(7-9-18)11-10(14)4-3-5-16-11/h3-5H,6-9H2,1-2H3,(H2,15,19). The van der Waals surface area contributed by atoms with E-state index in [2.05, 4.69) is 28.6 Å². The number of hydrogen-bond acceptors (Lipinski definition) is 4. The molecule has 0 aromatic carbocycles. The number of thiocarbonyl (C=S) groups is 1. The molecule has 0 unspecified atom stereocenters. The van der Waals surface area contributed by atoms with Crippen LogP contribution in [0.4, 0.5) is 5.82 Å². The van der Waals surface area contributed by atoms with Gasteiger partial charge in [-0.25, -0.2) is 4.98 Å². The second kappa shape index (κ2) is 5.61. The molecule has 19 heavy (non-hydrogen) atoms. The molecule has 4 nitrogen and oxygen atoms in total. The molecule has 1 aromatic rings. The molecule has 0 aliphatic carbocycles. The monoisotopic (exact) mass is 298 g/mol. The second-order valence-electron chi connectivity index (χ2n) is 5.21. The molecule has 1 fully saturated rings. The number of anilines is 1. The van der Waals surface area contributed by atoms with Gasteiger partial charge in [-0.05, 0) is 26.0 Å². The van der Waals surface area contributed by atoms with E-state index in [-0.39, 0.29) is 5.54 Å². The smallest absolute Gasteiger partial charge is 0.147 e. The van der Waals surface area contributed by atoms with Crippen LogP contribution >= 0.6 is 23.8 Å². The van der Waals surface area contributed by atoms with Gasteiger partial charge in [0.15, 0.2) is 0 Å². The Balaban J connectivity index is 2.04. The number of hydrogen-bond donors (Lipinski definition) is 1. The van der Waals surface area contributed by atoms with Crippen molar-refractivity contribution in [2.75, 3.05) is 31.1 Å². The summed E-state index contributed by atoms with van der Waals surface area (Å²) in [6, 6.07) is 3.72. The van der Waals surface area contributed by atoms with Gasteiger partial charge in [0.2, 0.25) is 0 Å². The highest BCUT2D eigenvalue weighted by Gasteiger charge is 2.32. The van der Waals surface area contributed by atoms with Gasteiger partial charge in [0, 0.05) is 32.4 Å². The summed E-state index contributed by atoms with van der Waals surface area (Å²) in [7, 11) is 0. The molecule has 1 saturated heterocycles. The summed E-state index contributed by atoms with van der Waals surface area (Å²) in [5.41, 5.74) is 5.57. The van der Waals surface area contributed by atoms with Gasteiger partial charge >= 0.3 is 0 Å². The molecule has 0 amide bonds. The van der Waals surface area contributed by atoms with Crippen molar-refractivity contribution in [2.24, 2.45) is 5.73 Å². The van der Waals surface area contributed by atoms with E-state index in [1.807, 2.05) is 12.1 Å². The molecular formula is C13H19ClN4S. The number of rotatable bonds is 3. The molecule has 6 heteroatoms. The minimum absolute atomic E-state index is 0.241. The molecule has 0 atom stereocenters. The number of piperazine rings is 1. The third kappa shape index (κ3) is 2.99. The molecule has 0 saturated carbocycles. The number of nitrogens with two attached hydrogens (primary N) is 1. The molecule has 1 aliphatic rings. The lowest BCUT2D eigenvalue weighted by atomic mass is 10.0. The highest BCUT2D eigenvalue weighted by atomic mass is 35.5. The topological polar surface area (TPSA) is 45.4 Å². The lowest BCUT2D eigenvalue weighted by molar-refractivity contribution is 0.168.